The van der Waals surface area contributed by atoms with Gasteiger partial charge in [-0.05, 0) is 37.6 Å². The number of halogens is 2. The Morgan fingerprint density at radius 1 is 1.32 bits per heavy atom. The molecule has 5 nitrogen and oxygen atoms in total. The molecule has 2 saturated heterocycles. The highest BCUT2D eigenvalue weighted by Gasteiger charge is 2.30. The second kappa shape index (κ2) is 10.7. The van der Waals surface area contributed by atoms with Gasteiger partial charge in [0.15, 0.2) is 0 Å². The van der Waals surface area contributed by atoms with E-state index in [4.69, 9.17) is 10.5 Å². The van der Waals surface area contributed by atoms with E-state index in [9.17, 15) is 4.79 Å². The van der Waals surface area contributed by atoms with E-state index in [-0.39, 0.29) is 42.9 Å². The molecule has 3 N–H and O–H groups in total. The summed E-state index contributed by atoms with van der Waals surface area (Å²) in [5.41, 5.74) is 5.56. The lowest BCUT2D eigenvalue weighted by Crippen LogP contribution is -2.38. The molecule has 1 amide bonds. The van der Waals surface area contributed by atoms with Crippen LogP contribution in [0.1, 0.15) is 33.1 Å². The standard InChI is InChI=1S/C15H29N3O2.2ClH/c1-11(2)9-18-6-5-12(10-18)8-17-15(19)14-4-3-13(7-16)20-14;;/h11-14H,3-10,16H2,1-2H3,(H,17,19);2*1H/t12?,13-,14+;;/m1../s1. The molecule has 0 radical (unpaired) electrons. The van der Waals surface area contributed by atoms with Crippen molar-refractivity contribution >= 4 is 30.7 Å². The average Bonchev–Trinajstić information content (AvgIpc) is 3.04. The molecule has 3 atom stereocenters. The molecule has 1 unspecified atom stereocenters. The molecule has 0 aromatic heterocycles. The minimum absolute atomic E-state index is 0. The van der Waals surface area contributed by atoms with E-state index in [1.807, 2.05) is 0 Å². The Hall–Kier alpha value is -0.0700. The van der Waals surface area contributed by atoms with Crippen LogP contribution in [0.4, 0.5) is 0 Å². The van der Waals surface area contributed by atoms with Gasteiger partial charge in [0.25, 0.3) is 0 Å². The number of amides is 1. The summed E-state index contributed by atoms with van der Waals surface area (Å²) in [5.74, 6) is 1.34. The van der Waals surface area contributed by atoms with Crippen LogP contribution in [0.5, 0.6) is 0 Å². The zero-order valence-electron chi connectivity index (χ0n) is 13.6. The molecule has 0 aromatic rings. The predicted octanol–water partition coefficient (Wildman–Crippen LogP) is 1.43. The molecule has 0 spiro atoms. The molecule has 0 saturated carbocycles. The van der Waals surface area contributed by atoms with Crippen molar-refractivity contribution in [1.82, 2.24) is 10.2 Å². The highest BCUT2D eigenvalue weighted by atomic mass is 35.5. The number of carbonyl (C=O) groups excluding carboxylic acids is 1. The third kappa shape index (κ3) is 6.59. The molecular weight excluding hydrogens is 325 g/mol. The van der Waals surface area contributed by atoms with Crippen molar-refractivity contribution in [2.75, 3.05) is 32.7 Å². The van der Waals surface area contributed by atoms with Crippen LogP contribution in [-0.4, -0.2) is 55.7 Å². The van der Waals surface area contributed by atoms with Gasteiger partial charge in [-0.2, -0.15) is 0 Å². The van der Waals surface area contributed by atoms with Crippen molar-refractivity contribution in [3.8, 4) is 0 Å². The Bertz CT molecular complexity index is 332. The van der Waals surface area contributed by atoms with Crippen LogP contribution in [0.25, 0.3) is 0 Å². The van der Waals surface area contributed by atoms with Gasteiger partial charge in [0, 0.05) is 26.2 Å². The van der Waals surface area contributed by atoms with E-state index in [1.54, 1.807) is 0 Å². The number of rotatable bonds is 6. The SMILES string of the molecule is CC(C)CN1CCC(CNC(=O)[C@@H]2CC[C@H](CN)O2)C1.Cl.Cl. The molecule has 2 fully saturated rings. The monoisotopic (exact) mass is 355 g/mol. The summed E-state index contributed by atoms with van der Waals surface area (Å²) in [6, 6.07) is 0. The van der Waals surface area contributed by atoms with E-state index in [0.29, 0.717) is 18.4 Å². The lowest BCUT2D eigenvalue weighted by molar-refractivity contribution is -0.132. The second-order valence-electron chi connectivity index (χ2n) is 6.61. The summed E-state index contributed by atoms with van der Waals surface area (Å²) in [7, 11) is 0. The molecule has 0 bridgehead atoms. The summed E-state index contributed by atoms with van der Waals surface area (Å²) in [4.78, 5) is 14.5. The van der Waals surface area contributed by atoms with Gasteiger partial charge >= 0.3 is 0 Å². The number of hydrogen-bond donors (Lipinski definition) is 2. The first-order chi connectivity index (χ1) is 9.58. The Kier molecular flexibility index (Phi) is 10.6. The smallest absolute Gasteiger partial charge is 0.249 e. The van der Waals surface area contributed by atoms with Gasteiger partial charge < -0.3 is 20.7 Å². The first-order valence-electron chi connectivity index (χ1n) is 7.94. The number of carbonyl (C=O) groups is 1. The van der Waals surface area contributed by atoms with Gasteiger partial charge in [-0.15, -0.1) is 24.8 Å². The molecule has 2 heterocycles. The zero-order valence-corrected chi connectivity index (χ0v) is 15.3. The summed E-state index contributed by atoms with van der Waals surface area (Å²) in [6.07, 6.45) is 2.68. The number of likely N-dealkylation sites (tertiary alicyclic amines) is 1. The van der Waals surface area contributed by atoms with Crippen LogP contribution in [-0.2, 0) is 9.53 Å². The van der Waals surface area contributed by atoms with Crippen LogP contribution < -0.4 is 11.1 Å². The molecule has 7 heteroatoms. The van der Waals surface area contributed by atoms with E-state index in [0.717, 1.165) is 39.0 Å². The van der Waals surface area contributed by atoms with Crippen molar-refractivity contribution in [2.45, 2.75) is 45.3 Å². The van der Waals surface area contributed by atoms with Crippen LogP contribution in [0, 0.1) is 11.8 Å². The lowest BCUT2D eigenvalue weighted by Gasteiger charge is -2.19. The summed E-state index contributed by atoms with van der Waals surface area (Å²) >= 11 is 0. The Labute approximate surface area is 146 Å². The van der Waals surface area contributed by atoms with Gasteiger partial charge in [-0.25, -0.2) is 0 Å². The predicted molar refractivity (Wildman–Crippen MR) is 93.8 cm³/mol. The minimum atomic E-state index is -0.281. The maximum absolute atomic E-state index is 12.0. The number of hydrogen-bond acceptors (Lipinski definition) is 4. The molecule has 132 valence electrons. The van der Waals surface area contributed by atoms with Gasteiger partial charge in [-0.1, -0.05) is 13.8 Å². The van der Waals surface area contributed by atoms with Gasteiger partial charge in [-0.3, -0.25) is 4.79 Å². The van der Waals surface area contributed by atoms with Crippen molar-refractivity contribution in [3.05, 3.63) is 0 Å². The normalized spacial score (nSPS) is 28.3. The van der Waals surface area contributed by atoms with Crippen molar-refractivity contribution in [1.29, 1.82) is 0 Å². The maximum Gasteiger partial charge on any atom is 0.249 e. The fraction of sp³-hybridized carbons (Fsp3) is 0.933. The van der Waals surface area contributed by atoms with E-state index in [1.165, 1.54) is 6.42 Å². The Balaban J connectivity index is 0.00000220. The average molecular weight is 356 g/mol. The van der Waals surface area contributed by atoms with Gasteiger partial charge in [0.1, 0.15) is 6.10 Å². The highest BCUT2D eigenvalue weighted by Crippen LogP contribution is 2.20. The van der Waals surface area contributed by atoms with E-state index < -0.39 is 0 Å². The highest BCUT2D eigenvalue weighted by molar-refractivity contribution is 5.85. The fourth-order valence-corrected chi connectivity index (χ4v) is 3.19. The number of ether oxygens (including phenoxy) is 1. The van der Waals surface area contributed by atoms with Crippen molar-refractivity contribution < 1.29 is 9.53 Å². The summed E-state index contributed by atoms with van der Waals surface area (Å²) in [6.45, 7) is 9.22. The largest absolute Gasteiger partial charge is 0.364 e. The molecule has 2 rings (SSSR count). The molecule has 0 aliphatic carbocycles. The van der Waals surface area contributed by atoms with Crippen molar-refractivity contribution in [2.24, 2.45) is 17.6 Å². The summed E-state index contributed by atoms with van der Waals surface area (Å²) in [5, 5.41) is 3.05. The summed E-state index contributed by atoms with van der Waals surface area (Å²) < 4.78 is 5.61. The topological polar surface area (TPSA) is 67.6 Å². The molecular formula is C15H31Cl2N3O2. The van der Waals surface area contributed by atoms with Gasteiger partial charge in [0.2, 0.25) is 5.91 Å². The fourth-order valence-electron chi connectivity index (χ4n) is 3.19. The molecule has 2 aliphatic heterocycles. The van der Waals surface area contributed by atoms with E-state index >= 15 is 0 Å². The third-order valence-corrected chi connectivity index (χ3v) is 4.22. The van der Waals surface area contributed by atoms with Crippen LogP contribution in [0.2, 0.25) is 0 Å². The third-order valence-electron chi connectivity index (χ3n) is 4.22. The Morgan fingerprint density at radius 3 is 2.64 bits per heavy atom. The number of nitrogens with one attached hydrogen (secondary N) is 1. The molecule has 0 aromatic carbocycles. The van der Waals surface area contributed by atoms with Crippen LogP contribution in [0.3, 0.4) is 0 Å². The van der Waals surface area contributed by atoms with Crippen LogP contribution in [0.15, 0.2) is 0 Å². The number of nitrogens with two attached hydrogens (primary N) is 1. The quantitative estimate of drug-likeness (QED) is 0.756. The van der Waals surface area contributed by atoms with Gasteiger partial charge in [0.05, 0.1) is 6.10 Å². The molecule has 22 heavy (non-hydrogen) atoms. The zero-order chi connectivity index (χ0) is 14.5. The minimum Gasteiger partial charge on any atom is -0.364 e. The Morgan fingerprint density at radius 2 is 2.05 bits per heavy atom. The lowest BCUT2D eigenvalue weighted by atomic mass is 10.1. The van der Waals surface area contributed by atoms with E-state index in [2.05, 4.69) is 24.1 Å². The van der Waals surface area contributed by atoms with Crippen LogP contribution >= 0.6 is 24.8 Å². The maximum atomic E-state index is 12.0. The molecule has 2 aliphatic rings. The second-order valence-corrected chi connectivity index (χ2v) is 6.61. The first-order valence-corrected chi connectivity index (χ1v) is 7.94. The van der Waals surface area contributed by atoms with Crippen molar-refractivity contribution in [3.63, 3.8) is 0 Å². The number of nitrogens with zero attached hydrogens (tertiary/aromatic N) is 1. The first kappa shape index (κ1) is 21.9.